The summed E-state index contributed by atoms with van der Waals surface area (Å²) in [5.41, 5.74) is -0.918. The molecule has 0 aromatic carbocycles. The van der Waals surface area contributed by atoms with Gasteiger partial charge in [0.2, 0.25) is 0 Å². The number of urea groups is 1. The zero-order valence-corrected chi connectivity index (χ0v) is 11.3. The molecular weight excluding hydrogens is 248 g/mol. The van der Waals surface area contributed by atoms with E-state index in [4.69, 9.17) is 9.84 Å². The standard InChI is InChI=1S/C13H22N2O4/c1-12(6-7-19-9-12)14-11(18)15-13(8-10(16)17)4-2-3-5-13/h2-9H2,1H3,(H,16,17)(H2,14,15,18). The van der Waals surface area contributed by atoms with Crippen molar-refractivity contribution in [1.29, 1.82) is 0 Å². The van der Waals surface area contributed by atoms with Gasteiger partial charge in [-0.3, -0.25) is 4.79 Å². The molecule has 1 aliphatic heterocycles. The van der Waals surface area contributed by atoms with Crippen molar-refractivity contribution < 1.29 is 19.4 Å². The van der Waals surface area contributed by atoms with Crippen molar-refractivity contribution in [2.75, 3.05) is 13.2 Å². The lowest BCUT2D eigenvalue weighted by atomic mass is 9.93. The molecule has 1 saturated heterocycles. The van der Waals surface area contributed by atoms with Crippen molar-refractivity contribution in [3.8, 4) is 0 Å². The van der Waals surface area contributed by atoms with Gasteiger partial charge in [-0.05, 0) is 26.2 Å². The Kier molecular flexibility index (Phi) is 3.99. The molecule has 19 heavy (non-hydrogen) atoms. The summed E-state index contributed by atoms with van der Waals surface area (Å²) >= 11 is 0. The molecule has 0 aromatic rings. The first kappa shape index (κ1) is 14.1. The summed E-state index contributed by atoms with van der Waals surface area (Å²) in [6.45, 7) is 3.10. The van der Waals surface area contributed by atoms with Gasteiger partial charge in [0.15, 0.2) is 0 Å². The Morgan fingerprint density at radius 3 is 2.42 bits per heavy atom. The lowest BCUT2D eigenvalue weighted by molar-refractivity contribution is -0.138. The SMILES string of the molecule is CC1(NC(=O)NC2(CC(=O)O)CCCC2)CCOC1. The highest BCUT2D eigenvalue weighted by molar-refractivity contribution is 5.77. The maximum absolute atomic E-state index is 12.1. The maximum atomic E-state index is 12.1. The molecule has 2 fully saturated rings. The summed E-state index contributed by atoms with van der Waals surface area (Å²) in [5, 5.41) is 14.8. The number of ether oxygens (including phenoxy) is 1. The normalized spacial score (nSPS) is 29.1. The van der Waals surface area contributed by atoms with E-state index >= 15 is 0 Å². The summed E-state index contributed by atoms with van der Waals surface area (Å²) in [6.07, 6.45) is 4.18. The van der Waals surface area contributed by atoms with Gasteiger partial charge in [-0.2, -0.15) is 0 Å². The third-order valence-electron chi connectivity index (χ3n) is 4.06. The molecule has 2 amide bonds. The number of amides is 2. The molecule has 0 spiro atoms. The topological polar surface area (TPSA) is 87.7 Å². The van der Waals surface area contributed by atoms with Crippen LogP contribution in [0.4, 0.5) is 4.79 Å². The zero-order valence-electron chi connectivity index (χ0n) is 11.3. The first-order chi connectivity index (χ1) is 8.93. The third kappa shape index (κ3) is 3.59. The fourth-order valence-corrected chi connectivity index (χ4v) is 3.00. The fraction of sp³-hybridized carbons (Fsp3) is 0.846. The van der Waals surface area contributed by atoms with Crippen LogP contribution in [0.15, 0.2) is 0 Å². The second-order valence-electron chi connectivity index (χ2n) is 6.00. The van der Waals surface area contributed by atoms with Gasteiger partial charge < -0.3 is 20.5 Å². The van der Waals surface area contributed by atoms with Gasteiger partial charge in [0.1, 0.15) is 0 Å². The molecule has 1 saturated carbocycles. The minimum absolute atomic E-state index is 0.00632. The van der Waals surface area contributed by atoms with E-state index in [0.717, 1.165) is 32.1 Å². The van der Waals surface area contributed by atoms with E-state index in [-0.39, 0.29) is 18.0 Å². The van der Waals surface area contributed by atoms with Gasteiger partial charge in [-0.1, -0.05) is 12.8 Å². The van der Waals surface area contributed by atoms with Crippen LogP contribution in [0.25, 0.3) is 0 Å². The van der Waals surface area contributed by atoms with E-state index in [1.165, 1.54) is 0 Å². The summed E-state index contributed by atoms with van der Waals surface area (Å²) in [5.74, 6) is -0.863. The van der Waals surface area contributed by atoms with Gasteiger partial charge in [-0.25, -0.2) is 4.79 Å². The van der Waals surface area contributed by atoms with Crippen LogP contribution in [0.1, 0.15) is 45.4 Å². The minimum atomic E-state index is -0.863. The van der Waals surface area contributed by atoms with Crippen molar-refractivity contribution in [3.05, 3.63) is 0 Å². The average Bonchev–Trinajstić information content (AvgIpc) is 2.87. The Bertz CT molecular complexity index is 358. The first-order valence-corrected chi connectivity index (χ1v) is 6.83. The maximum Gasteiger partial charge on any atom is 0.315 e. The summed E-state index contributed by atoms with van der Waals surface area (Å²) < 4.78 is 5.28. The third-order valence-corrected chi connectivity index (χ3v) is 4.06. The predicted octanol–water partition coefficient (Wildman–Crippen LogP) is 1.25. The van der Waals surface area contributed by atoms with Crippen LogP contribution >= 0.6 is 0 Å². The summed E-state index contributed by atoms with van der Waals surface area (Å²) in [7, 11) is 0. The van der Waals surface area contributed by atoms with Crippen molar-refractivity contribution >= 4 is 12.0 Å². The Hall–Kier alpha value is -1.30. The van der Waals surface area contributed by atoms with E-state index in [9.17, 15) is 9.59 Å². The lowest BCUT2D eigenvalue weighted by Gasteiger charge is -2.31. The molecule has 0 radical (unpaired) electrons. The molecule has 6 nitrogen and oxygen atoms in total. The molecule has 2 aliphatic rings. The highest BCUT2D eigenvalue weighted by atomic mass is 16.5. The van der Waals surface area contributed by atoms with Gasteiger partial charge in [0, 0.05) is 6.61 Å². The zero-order chi connectivity index (χ0) is 13.9. The molecule has 1 heterocycles. The van der Waals surface area contributed by atoms with E-state index in [1.54, 1.807) is 0 Å². The van der Waals surface area contributed by atoms with Crippen LogP contribution in [0, 0.1) is 0 Å². The Morgan fingerprint density at radius 1 is 1.21 bits per heavy atom. The molecule has 3 N–H and O–H groups in total. The lowest BCUT2D eigenvalue weighted by Crippen LogP contribution is -2.57. The highest BCUT2D eigenvalue weighted by Gasteiger charge is 2.39. The largest absolute Gasteiger partial charge is 0.481 e. The molecule has 6 heteroatoms. The molecule has 1 atom stereocenters. The van der Waals surface area contributed by atoms with E-state index in [1.807, 2.05) is 6.92 Å². The van der Waals surface area contributed by atoms with E-state index in [2.05, 4.69) is 10.6 Å². The van der Waals surface area contributed by atoms with Crippen LogP contribution in [0.3, 0.4) is 0 Å². The molecule has 2 rings (SSSR count). The molecule has 0 bridgehead atoms. The smallest absolute Gasteiger partial charge is 0.315 e. The van der Waals surface area contributed by atoms with Crippen LogP contribution in [-0.2, 0) is 9.53 Å². The quantitative estimate of drug-likeness (QED) is 0.717. The van der Waals surface area contributed by atoms with E-state index < -0.39 is 11.5 Å². The van der Waals surface area contributed by atoms with Crippen LogP contribution in [0.5, 0.6) is 0 Å². The molecule has 1 unspecified atom stereocenters. The number of carboxylic acid groups (broad SMARTS) is 1. The molecule has 108 valence electrons. The number of nitrogens with one attached hydrogen (secondary N) is 2. The number of hydrogen-bond donors (Lipinski definition) is 3. The van der Waals surface area contributed by atoms with Crippen LogP contribution < -0.4 is 10.6 Å². The number of hydrogen-bond acceptors (Lipinski definition) is 3. The van der Waals surface area contributed by atoms with Crippen molar-refractivity contribution in [2.24, 2.45) is 0 Å². The molecule has 0 aromatic heterocycles. The van der Waals surface area contributed by atoms with E-state index in [0.29, 0.717) is 13.2 Å². The highest BCUT2D eigenvalue weighted by Crippen LogP contribution is 2.32. The van der Waals surface area contributed by atoms with Crippen molar-refractivity contribution in [1.82, 2.24) is 10.6 Å². The van der Waals surface area contributed by atoms with Crippen molar-refractivity contribution in [3.63, 3.8) is 0 Å². The minimum Gasteiger partial charge on any atom is -0.481 e. The van der Waals surface area contributed by atoms with Crippen LogP contribution in [0.2, 0.25) is 0 Å². The van der Waals surface area contributed by atoms with Gasteiger partial charge in [-0.15, -0.1) is 0 Å². The summed E-state index contributed by atoms with van der Waals surface area (Å²) in [4.78, 5) is 23.0. The number of carbonyl (C=O) groups is 2. The number of carboxylic acids is 1. The average molecular weight is 270 g/mol. The Labute approximate surface area is 112 Å². The Balaban J connectivity index is 1.93. The van der Waals surface area contributed by atoms with Gasteiger partial charge in [0.05, 0.1) is 24.1 Å². The number of carbonyl (C=O) groups excluding carboxylic acids is 1. The van der Waals surface area contributed by atoms with Crippen LogP contribution in [-0.4, -0.2) is 41.4 Å². The monoisotopic (exact) mass is 270 g/mol. The molecule has 1 aliphatic carbocycles. The van der Waals surface area contributed by atoms with Crippen molar-refractivity contribution in [2.45, 2.75) is 56.5 Å². The fourth-order valence-electron chi connectivity index (χ4n) is 3.00. The van der Waals surface area contributed by atoms with Gasteiger partial charge >= 0.3 is 12.0 Å². The molecular formula is C13H22N2O4. The Morgan fingerprint density at radius 2 is 1.89 bits per heavy atom. The van der Waals surface area contributed by atoms with Gasteiger partial charge in [0.25, 0.3) is 0 Å². The predicted molar refractivity (Wildman–Crippen MR) is 69.0 cm³/mol. The summed E-state index contributed by atoms with van der Waals surface area (Å²) in [6, 6.07) is -0.281. The number of rotatable bonds is 4. The second kappa shape index (κ2) is 5.36. The first-order valence-electron chi connectivity index (χ1n) is 6.83. The second-order valence-corrected chi connectivity index (χ2v) is 6.00. The number of aliphatic carboxylic acids is 1.